The zero-order chi connectivity index (χ0) is 21.4. The maximum atomic E-state index is 11.8. The van der Waals surface area contributed by atoms with Gasteiger partial charge in [0.15, 0.2) is 0 Å². The van der Waals surface area contributed by atoms with E-state index in [9.17, 15) is 9.59 Å². The summed E-state index contributed by atoms with van der Waals surface area (Å²) >= 11 is 0. The van der Waals surface area contributed by atoms with Crippen LogP contribution in [-0.4, -0.2) is 76.1 Å². The van der Waals surface area contributed by atoms with Crippen molar-refractivity contribution in [2.75, 3.05) is 52.7 Å². The van der Waals surface area contributed by atoms with Gasteiger partial charge in [-0.25, -0.2) is 0 Å². The molecule has 0 saturated heterocycles. The summed E-state index contributed by atoms with van der Waals surface area (Å²) in [6.07, 6.45) is 0.633. The van der Waals surface area contributed by atoms with E-state index in [4.69, 9.17) is 14.2 Å². The topological polar surface area (TPSA) is 97.9 Å². The molecule has 0 aromatic heterocycles. The first-order valence-corrected chi connectivity index (χ1v) is 10.2. The molecule has 0 saturated carbocycles. The van der Waals surface area contributed by atoms with Gasteiger partial charge in [0.25, 0.3) is 0 Å². The van der Waals surface area contributed by atoms with Crippen LogP contribution < -0.4 is 16.0 Å². The molecule has 0 spiro atoms. The van der Waals surface area contributed by atoms with Crippen LogP contribution in [0.2, 0.25) is 0 Å². The summed E-state index contributed by atoms with van der Waals surface area (Å²) < 4.78 is 16.5. The largest absolute Gasteiger partial charge is 0.378 e. The molecule has 0 aromatic carbocycles. The smallest absolute Gasteiger partial charge is 0.246 e. The SMILES string of the molecule is CC(C)NCCOCCOCCNC(=O)COC(C)(C)CCNC(=O)C(C)C. The van der Waals surface area contributed by atoms with Crippen molar-refractivity contribution in [3.8, 4) is 0 Å². The molecule has 0 aliphatic carbocycles. The monoisotopic (exact) mass is 403 g/mol. The first-order chi connectivity index (χ1) is 13.1. The molecule has 0 heterocycles. The van der Waals surface area contributed by atoms with Crippen LogP contribution >= 0.6 is 0 Å². The van der Waals surface area contributed by atoms with E-state index in [1.165, 1.54) is 0 Å². The fourth-order valence-electron chi connectivity index (χ4n) is 2.08. The van der Waals surface area contributed by atoms with Gasteiger partial charge in [-0.2, -0.15) is 0 Å². The average molecular weight is 404 g/mol. The summed E-state index contributed by atoms with van der Waals surface area (Å²) in [5.74, 6) is -0.199. The van der Waals surface area contributed by atoms with Crippen LogP contribution in [0.3, 0.4) is 0 Å². The molecule has 0 atom stereocenters. The van der Waals surface area contributed by atoms with Gasteiger partial charge in [-0.3, -0.25) is 9.59 Å². The minimum atomic E-state index is -0.486. The van der Waals surface area contributed by atoms with Crippen LogP contribution in [-0.2, 0) is 23.8 Å². The van der Waals surface area contributed by atoms with Gasteiger partial charge in [0.2, 0.25) is 11.8 Å². The van der Waals surface area contributed by atoms with Gasteiger partial charge >= 0.3 is 0 Å². The molecule has 2 amide bonds. The molecule has 0 aromatic rings. The van der Waals surface area contributed by atoms with Crippen LogP contribution in [0.4, 0.5) is 0 Å². The molecule has 0 rings (SSSR count). The van der Waals surface area contributed by atoms with Crippen molar-refractivity contribution in [3.05, 3.63) is 0 Å². The Balaban J connectivity index is 3.59. The highest BCUT2D eigenvalue weighted by Crippen LogP contribution is 2.13. The van der Waals surface area contributed by atoms with Crippen molar-refractivity contribution in [2.24, 2.45) is 5.92 Å². The Morgan fingerprint density at radius 2 is 1.46 bits per heavy atom. The number of nitrogens with one attached hydrogen (secondary N) is 3. The van der Waals surface area contributed by atoms with Gasteiger partial charge in [0.05, 0.1) is 32.0 Å². The van der Waals surface area contributed by atoms with E-state index < -0.39 is 5.60 Å². The second-order valence-electron chi connectivity index (χ2n) is 7.93. The molecule has 0 radical (unpaired) electrons. The van der Waals surface area contributed by atoms with Crippen LogP contribution in [0, 0.1) is 5.92 Å². The van der Waals surface area contributed by atoms with E-state index in [2.05, 4.69) is 29.8 Å². The van der Waals surface area contributed by atoms with Crippen molar-refractivity contribution in [1.82, 2.24) is 16.0 Å². The maximum absolute atomic E-state index is 11.8. The molecular weight excluding hydrogens is 362 g/mol. The Morgan fingerprint density at radius 1 is 0.857 bits per heavy atom. The Bertz CT molecular complexity index is 428. The number of rotatable bonds is 17. The van der Waals surface area contributed by atoms with Gasteiger partial charge < -0.3 is 30.2 Å². The first-order valence-electron chi connectivity index (χ1n) is 10.2. The lowest BCUT2D eigenvalue weighted by Crippen LogP contribution is -2.38. The lowest BCUT2D eigenvalue weighted by Gasteiger charge is -2.25. The van der Waals surface area contributed by atoms with Crippen LogP contribution in [0.25, 0.3) is 0 Å². The number of carbonyl (C=O) groups excluding carboxylic acids is 2. The number of ether oxygens (including phenoxy) is 3. The highest BCUT2D eigenvalue weighted by Gasteiger charge is 2.20. The zero-order valence-electron chi connectivity index (χ0n) is 18.6. The summed E-state index contributed by atoms with van der Waals surface area (Å²) in [7, 11) is 0. The Kier molecular flexibility index (Phi) is 15.0. The van der Waals surface area contributed by atoms with Gasteiger partial charge in [-0.1, -0.05) is 27.7 Å². The third-order valence-electron chi connectivity index (χ3n) is 3.88. The van der Waals surface area contributed by atoms with Crippen molar-refractivity contribution in [2.45, 2.75) is 59.6 Å². The Morgan fingerprint density at radius 3 is 2.04 bits per heavy atom. The van der Waals surface area contributed by atoms with E-state index in [-0.39, 0.29) is 24.3 Å². The van der Waals surface area contributed by atoms with E-state index >= 15 is 0 Å². The highest BCUT2D eigenvalue weighted by molar-refractivity contribution is 5.78. The predicted octanol–water partition coefficient (Wildman–Crippen LogP) is 1.09. The molecule has 0 aliphatic heterocycles. The molecule has 8 nitrogen and oxygen atoms in total. The molecule has 3 N–H and O–H groups in total. The molecule has 28 heavy (non-hydrogen) atoms. The second kappa shape index (κ2) is 15.7. The average Bonchev–Trinajstić information content (AvgIpc) is 2.61. The summed E-state index contributed by atoms with van der Waals surface area (Å²) in [5, 5.41) is 8.88. The highest BCUT2D eigenvalue weighted by atomic mass is 16.5. The summed E-state index contributed by atoms with van der Waals surface area (Å²) in [6, 6.07) is 0.462. The zero-order valence-corrected chi connectivity index (χ0v) is 18.6. The number of carbonyl (C=O) groups is 2. The molecular formula is C20H41N3O5. The van der Waals surface area contributed by atoms with Crippen LogP contribution in [0.15, 0.2) is 0 Å². The van der Waals surface area contributed by atoms with Crippen molar-refractivity contribution < 1.29 is 23.8 Å². The van der Waals surface area contributed by atoms with Crippen molar-refractivity contribution in [3.63, 3.8) is 0 Å². The van der Waals surface area contributed by atoms with Crippen molar-refractivity contribution >= 4 is 11.8 Å². The fraction of sp³-hybridized carbons (Fsp3) is 0.900. The molecule has 0 aliphatic rings. The summed E-state index contributed by atoms with van der Waals surface area (Å²) in [4.78, 5) is 23.4. The summed E-state index contributed by atoms with van der Waals surface area (Å²) in [5.41, 5.74) is -0.486. The number of hydrogen-bond donors (Lipinski definition) is 3. The second-order valence-corrected chi connectivity index (χ2v) is 7.93. The first kappa shape index (κ1) is 26.8. The van der Waals surface area contributed by atoms with Crippen LogP contribution in [0.5, 0.6) is 0 Å². The normalized spacial score (nSPS) is 11.9. The molecule has 0 fully saturated rings. The fourth-order valence-corrected chi connectivity index (χ4v) is 2.08. The predicted molar refractivity (Wildman–Crippen MR) is 110 cm³/mol. The van der Waals surface area contributed by atoms with Gasteiger partial charge in [0, 0.05) is 31.6 Å². The minimum absolute atomic E-state index is 0.0168. The summed E-state index contributed by atoms with van der Waals surface area (Å²) in [6.45, 7) is 15.6. The Labute approximate surface area is 170 Å². The molecule has 8 heteroatoms. The molecule has 0 unspecified atom stereocenters. The standard InChI is InChI=1S/C20H41N3O5/c1-16(2)19(25)23-8-7-20(5,6)28-15-18(24)22-10-12-27-14-13-26-11-9-21-17(3)4/h16-17,21H,7-15H2,1-6H3,(H,22,24)(H,23,25). The van der Waals surface area contributed by atoms with Crippen molar-refractivity contribution in [1.29, 1.82) is 0 Å². The van der Waals surface area contributed by atoms with E-state index in [0.717, 1.165) is 6.54 Å². The number of hydrogen-bond acceptors (Lipinski definition) is 6. The van der Waals surface area contributed by atoms with Crippen LogP contribution in [0.1, 0.15) is 48.0 Å². The van der Waals surface area contributed by atoms with Gasteiger partial charge in [-0.05, 0) is 20.3 Å². The minimum Gasteiger partial charge on any atom is -0.378 e. The molecule has 166 valence electrons. The van der Waals surface area contributed by atoms with E-state index in [1.807, 2.05) is 27.7 Å². The third-order valence-corrected chi connectivity index (χ3v) is 3.88. The van der Waals surface area contributed by atoms with Gasteiger partial charge in [0.1, 0.15) is 6.61 Å². The maximum Gasteiger partial charge on any atom is 0.246 e. The van der Waals surface area contributed by atoms with E-state index in [0.29, 0.717) is 52.0 Å². The number of amides is 2. The van der Waals surface area contributed by atoms with Gasteiger partial charge in [-0.15, -0.1) is 0 Å². The molecule has 0 bridgehead atoms. The van der Waals surface area contributed by atoms with E-state index in [1.54, 1.807) is 0 Å². The Hall–Kier alpha value is -1.22. The third kappa shape index (κ3) is 16.9. The lowest BCUT2D eigenvalue weighted by molar-refractivity contribution is -0.132. The lowest BCUT2D eigenvalue weighted by atomic mass is 10.1. The quantitative estimate of drug-likeness (QED) is 0.315.